The maximum atomic E-state index is 12.8. The van der Waals surface area contributed by atoms with E-state index in [-0.39, 0.29) is 36.3 Å². The maximum Gasteiger partial charge on any atom is 0.410 e. The first-order chi connectivity index (χ1) is 13.8. The van der Waals surface area contributed by atoms with Crippen LogP contribution < -0.4 is 4.74 Å². The SMILES string of the molecule is COc1cc(CC(=O)N2CCC(N3C(=O)OCC3CC(C)C)CC2)c(Br)cc1O. The topological polar surface area (TPSA) is 79.3 Å². The smallest absolute Gasteiger partial charge is 0.410 e. The summed E-state index contributed by atoms with van der Waals surface area (Å²) in [5, 5.41) is 9.84. The van der Waals surface area contributed by atoms with Crippen molar-refractivity contribution in [1.29, 1.82) is 0 Å². The molecule has 0 radical (unpaired) electrons. The molecule has 1 atom stereocenters. The Morgan fingerprint density at radius 3 is 2.66 bits per heavy atom. The summed E-state index contributed by atoms with van der Waals surface area (Å²) in [6.45, 7) is 6.01. The number of likely N-dealkylation sites (tertiary alicyclic amines) is 1. The Labute approximate surface area is 180 Å². The van der Waals surface area contributed by atoms with Crippen molar-refractivity contribution in [3.8, 4) is 11.5 Å². The lowest BCUT2D eigenvalue weighted by Crippen LogP contribution is -2.50. The minimum absolute atomic E-state index is 0.0274. The molecule has 0 spiro atoms. The van der Waals surface area contributed by atoms with Gasteiger partial charge in [0, 0.05) is 23.6 Å². The Bertz CT molecular complexity index is 762. The van der Waals surface area contributed by atoms with Gasteiger partial charge < -0.3 is 19.5 Å². The second-order valence-electron chi connectivity index (χ2n) is 8.17. The Hall–Kier alpha value is -1.96. The third-order valence-electron chi connectivity index (χ3n) is 5.65. The van der Waals surface area contributed by atoms with E-state index in [0.717, 1.165) is 24.8 Å². The fourth-order valence-electron chi connectivity index (χ4n) is 4.20. The molecule has 2 aliphatic rings. The van der Waals surface area contributed by atoms with E-state index in [1.807, 2.05) is 9.80 Å². The molecule has 2 heterocycles. The van der Waals surface area contributed by atoms with Crippen molar-refractivity contribution in [2.75, 3.05) is 26.8 Å². The van der Waals surface area contributed by atoms with E-state index >= 15 is 0 Å². The second kappa shape index (κ2) is 9.24. The van der Waals surface area contributed by atoms with E-state index in [4.69, 9.17) is 9.47 Å². The molecular formula is C21H29BrN2O5. The highest BCUT2D eigenvalue weighted by Gasteiger charge is 2.39. The predicted molar refractivity (Wildman–Crippen MR) is 112 cm³/mol. The molecule has 1 aromatic rings. The number of carbonyl (C=O) groups is 2. The van der Waals surface area contributed by atoms with Crippen molar-refractivity contribution in [3.05, 3.63) is 22.2 Å². The van der Waals surface area contributed by atoms with Gasteiger partial charge in [-0.25, -0.2) is 4.79 Å². The monoisotopic (exact) mass is 468 g/mol. The molecule has 2 aliphatic heterocycles. The summed E-state index contributed by atoms with van der Waals surface area (Å²) in [6.07, 6.45) is 2.46. The van der Waals surface area contributed by atoms with E-state index in [2.05, 4.69) is 29.8 Å². The molecule has 1 aromatic carbocycles. The highest BCUT2D eigenvalue weighted by atomic mass is 79.9. The zero-order chi connectivity index (χ0) is 21.1. The van der Waals surface area contributed by atoms with Crippen LogP contribution in [0.5, 0.6) is 11.5 Å². The zero-order valence-electron chi connectivity index (χ0n) is 17.2. The molecule has 0 aliphatic carbocycles. The number of hydrogen-bond donors (Lipinski definition) is 1. The second-order valence-corrected chi connectivity index (χ2v) is 9.03. The minimum atomic E-state index is -0.222. The van der Waals surface area contributed by atoms with E-state index in [0.29, 0.717) is 35.8 Å². The van der Waals surface area contributed by atoms with Crippen molar-refractivity contribution < 1.29 is 24.2 Å². The van der Waals surface area contributed by atoms with Gasteiger partial charge in [-0.15, -0.1) is 0 Å². The van der Waals surface area contributed by atoms with Crippen molar-refractivity contribution in [2.24, 2.45) is 5.92 Å². The van der Waals surface area contributed by atoms with Crippen molar-refractivity contribution >= 4 is 27.9 Å². The maximum absolute atomic E-state index is 12.8. The number of cyclic esters (lactones) is 1. The fourth-order valence-corrected chi connectivity index (χ4v) is 4.67. The van der Waals surface area contributed by atoms with Gasteiger partial charge in [-0.1, -0.05) is 29.8 Å². The molecule has 2 fully saturated rings. The van der Waals surface area contributed by atoms with Crippen LogP contribution >= 0.6 is 15.9 Å². The van der Waals surface area contributed by atoms with E-state index in [1.165, 1.54) is 7.11 Å². The number of rotatable bonds is 6. The molecule has 2 amide bonds. The van der Waals surface area contributed by atoms with Gasteiger partial charge in [0.15, 0.2) is 11.5 Å². The number of amides is 2. The normalized spacial score (nSPS) is 20.3. The van der Waals surface area contributed by atoms with Gasteiger partial charge in [0.05, 0.1) is 19.6 Å². The predicted octanol–water partition coefficient (Wildman–Crippen LogP) is 3.56. The molecule has 1 unspecified atom stereocenters. The van der Waals surface area contributed by atoms with Crippen LogP contribution in [0.25, 0.3) is 0 Å². The number of benzene rings is 1. The van der Waals surface area contributed by atoms with Crippen molar-refractivity contribution in [1.82, 2.24) is 9.80 Å². The first kappa shape index (κ1) is 21.7. The summed E-state index contributed by atoms with van der Waals surface area (Å²) in [4.78, 5) is 28.8. The van der Waals surface area contributed by atoms with Crippen LogP contribution in [0, 0.1) is 5.92 Å². The molecule has 0 saturated carbocycles. The lowest BCUT2D eigenvalue weighted by Gasteiger charge is -2.38. The summed E-state index contributed by atoms with van der Waals surface area (Å²) >= 11 is 3.41. The van der Waals surface area contributed by atoms with Crippen LogP contribution in [0.3, 0.4) is 0 Å². The Morgan fingerprint density at radius 1 is 1.34 bits per heavy atom. The number of hydrogen-bond acceptors (Lipinski definition) is 5. The number of nitrogens with zero attached hydrogens (tertiary/aromatic N) is 2. The molecular weight excluding hydrogens is 440 g/mol. The highest BCUT2D eigenvalue weighted by molar-refractivity contribution is 9.10. The summed E-state index contributed by atoms with van der Waals surface area (Å²) in [6, 6.07) is 3.48. The number of carbonyl (C=O) groups excluding carboxylic acids is 2. The summed E-state index contributed by atoms with van der Waals surface area (Å²) in [5.41, 5.74) is 0.770. The number of ether oxygens (including phenoxy) is 2. The number of methoxy groups -OCH3 is 1. The minimum Gasteiger partial charge on any atom is -0.504 e. The molecule has 7 nitrogen and oxygen atoms in total. The quantitative estimate of drug-likeness (QED) is 0.690. The Kier molecular flexibility index (Phi) is 6.93. The molecule has 0 bridgehead atoms. The van der Waals surface area contributed by atoms with Crippen LogP contribution in [0.4, 0.5) is 4.79 Å². The van der Waals surface area contributed by atoms with Gasteiger partial charge in [-0.3, -0.25) is 9.69 Å². The van der Waals surface area contributed by atoms with E-state index < -0.39 is 0 Å². The molecule has 29 heavy (non-hydrogen) atoms. The Balaban J connectivity index is 1.59. The summed E-state index contributed by atoms with van der Waals surface area (Å²) < 4.78 is 11.1. The number of phenols is 1. The number of piperidine rings is 1. The van der Waals surface area contributed by atoms with Gasteiger partial charge in [-0.2, -0.15) is 0 Å². The van der Waals surface area contributed by atoms with Gasteiger partial charge in [-0.05, 0) is 42.9 Å². The van der Waals surface area contributed by atoms with Gasteiger partial charge in [0.1, 0.15) is 6.61 Å². The van der Waals surface area contributed by atoms with Gasteiger partial charge in [0.25, 0.3) is 0 Å². The fraction of sp³-hybridized carbons (Fsp3) is 0.619. The third-order valence-corrected chi connectivity index (χ3v) is 6.39. The first-order valence-electron chi connectivity index (χ1n) is 10.1. The highest BCUT2D eigenvalue weighted by Crippen LogP contribution is 2.33. The molecule has 2 saturated heterocycles. The Morgan fingerprint density at radius 2 is 2.03 bits per heavy atom. The lowest BCUT2D eigenvalue weighted by molar-refractivity contribution is -0.131. The average molecular weight is 469 g/mol. The van der Waals surface area contributed by atoms with Gasteiger partial charge in [0.2, 0.25) is 5.91 Å². The standard InChI is InChI=1S/C21H29BrN2O5/c1-13(2)8-16-12-29-21(27)24(16)15-4-6-23(7-5-15)20(26)10-14-9-19(28-3)18(25)11-17(14)22/h9,11,13,15-16,25H,4-8,10,12H2,1-3H3. The third kappa shape index (κ3) is 4.97. The first-order valence-corrected chi connectivity index (χ1v) is 10.9. The summed E-state index contributed by atoms with van der Waals surface area (Å²) in [5.74, 6) is 0.905. The average Bonchev–Trinajstić information content (AvgIpc) is 3.03. The zero-order valence-corrected chi connectivity index (χ0v) is 18.8. The number of aromatic hydroxyl groups is 1. The molecule has 0 aromatic heterocycles. The van der Waals surface area contributed by atoms with Crippen LogP contribution in [0.15, 0.2) is 16.6 Å². The largest absolute Gasteiger partial charge is 0.504 e. The molecule has 3 rings (SSSR count). The van der Waals surface area contributed by atoms with Crippen molar-refractivity contribution in [2.45, 2.75) is 51.6 Å². The van der Waals surface area contributed by atoms with Crippen molar-refractivity contribution in [3.63, 3.8) is 0 Å². The molecule has 160 valence electrons. The van der Waals surface area contributed by atoms with Crippen LogP contribution in [-0.4, -0.2) is 65.8 Å². The van der Waals surface area contributed by atoms with Crippen LogP contribution in [0.1, 0.15) is 38.7 Å². The lowest BCUT2D eigenvalue weighted by atomic mass is 9.98. The summed E-state index contributed by atoms with van der Waals surface area (Å²) in [7, 11) is 1.48. The molecule has 1 N–H and O–H groups in total. The number of halogens is 1. The van der Waals surface area contributed by atoms with E-state index in [1.54, 1.807) is 12.1 Å². The van der Waals surface area contributed by atoms with Crippen LogP contribution in [-0.2, 0) is 16.0 Å². The number of phenolic OH excluding ortho intramolecular Hbond substituents is 1. The van der Waals surface area contributed by atoms with Crippen LogP contribution in [0.2, 0.25) is 0 Å². The van der Waals surface area contributed by atoms with Gasteiger partial charge >= 0.3 is 6.09 Å². The van der Waals surface area contributed by atoms with E-state index in [9.17, 15) is 14.7 Å². The molecule has 8 heteroatoms.